The molecule has 34 heavy (non-hydrogen) atoms. The monoisotopic (exact) mass is 490 g/mol. The van der Waals surface area contributed by atoms with Crippen LogP contribution in [0, 0.1) is 46.8 Å². The zero-order valence-electron chi connectivity index (χ0n) is 21.7. The van der Waals surface area contributed by atoms with Crippen LogP contribution in [0.1, 0.15) is 41.7 Å². The van der Waals surface area contributed by atoms with Gasteiger partial charge >= 0.3 is 21.7 Å². The summed E-state index contributed by atoms with van der Waals surface area (Å²) in [5.41, 5.74) is 7.34. The zero-order chi connectivity index (χ0) is 24.5. The first-order chi connectivity index (χ1) is 15.9. The molecule has 0 aliphatic rings. The van der Waals surface area contributed by atoms with Crippen molar-refractivity contribution < 1.29 is 31.2 Å². The van der Waals surface area contributed by atoms with Gasteiger partial charge in [0, 0.05) is 11.5 Å². The van der Waals surface area contributed by atoms with E-state index in [2.05, 4.69) is 46.8 Å². The number of hydrogen-bond donors (Lipinski definition) is 0. The fourth-order valence-electron chi connectivity index (χ4n) is 3.00. The molecule has 2 nitrogen and oxygen atoms in total. The van der Waals surface area contributed by atoms with E-state index in [0.717, 1.165) is 24.7 Å². The Labute approximate surface area is 222 Å². The van der Waals surface area contributed by atoms with Crippen molar-refractivity contribution in [2.24, 2.45) is 0 Å². The Hall–Kier alpha value is -2.55. The molecule has 0 N–H and O–H groups in total. The molecule has 0 atom stereocenters. The quantitative estimate of drug-likeness (QED) is 0.212. The average Bonchev–Trinajstić information content (AvgIpc) is 3.49. The smallest absolute Gasteiger partial charge is 0.519 e. The predicted octanol–water partition coefficient (Wildman–Crippen LogP) is 8.12. The fourth-order valence-corrected chi connectivity index (χ4v) is 3.00. The van der Waals surface area contributed by atoms with E-state index >= 15 is 0 Å². The molecule has 0 unspecified atom stereocenters. The van der Waals surface area contributed by atoms with E-state index in [-0.39, 0.29) is 21.7 Å². The molecule has 0 saturated heterocycles. The maximum Gasteiger partial charge on any atom is 4.00 e. The first kappa shape index (κ1) is 31.5. The van der Waals surface area contributed by atoms with Crippen LogP contribution in [-0.2, 0) is 21.7 Å². The number of benzene rings is 2. The van der Waals surface area contributed by atoms with Crippen molar-refractivity contribution in [2.45, 2.75) is 48.5 Å². The van der Waals surface area contributed by atoms with Crippen molar-refractivity contribution >= 4 is 0 Å². The van der Waals surface area contributed by atoms with Gasteiger partial charge in [0.2, 0.25) is 0 Å². The van der Waals surface area contributed by atoms with Gasteiger partial charge in [-0.3, -0.25) is 0 Å². The zero-order valence-corrected chi connectivity index (χ0v) is 23.3. The Morgan fingerprint density at radius 2 is 1.06 bits per heavy atom. The summed E-state index contributed by atoms with van der Waals surface area (Å²) in [5, 5.41) is 0. The van der Waals surface area contributed by atoms with Crippen molar-refractivity contribution in [1.29, 1.82) is 0 Å². The van der Waals surface area contributed by atoms with Gasteiger partial charge < -0.3 is 9.47 Å². The molecule has 0 aliphatic carbocycles. The van der Waals surface area contributed by atoms with Gasteiger partial charge in [-0.1, -0.05) is 34.6 Å². The normalized spacial score (nSPS) is 9.03. The summed E-state index contributed by atoms with van der Waals surface area (Å²) in [7, 11) is 0. The van der Waals surface area contributed by atoms with Gasteiger partial charge in [-0.25, -0.2) is 12.1 Å². The number of hydrogen-bond acceptors (Lipinski definition) is 2. The van der Waals surface area contributed by atoms with Gasteiger partial charge in [-0.05, 0) is 13.8 Å². The molecule has 0 spiro atoms. The van der Waals surface area contributed by atoms with E-state index in [1.54, 1.807) is 0 Å². The molecule has 178 valence electrons. The van der Waals surface area contributed by atoms with Gasteiger partial charge in [0.1, 0.15) is 0 Å². The molecular weight excluding hydrogens is 452 g/mol. The van der Waals surface area contributed by atoms with E-state index in [4.69, 9.17) is 9.47 Å². The van der Waals surface area contributed by atoms with Gasteiger partial charge in [0.25, 0.3) is 0 Å². The van der Waals surface area contributed by atoms with E-state index in [0.29, 0.717) is 0 Å². The minimum Gasteiger partial charge on any atom is -0.519 e. The summed E-state index contributed by atoms with van der Waals surface area (Å²) in [6, 6.07) is 30.7. The van der Waals surface area contributed by atoms with Crippen LogP contribution < -0.4 is 9.47 Å². The molecule has 4 aromatic rings. The Bertz CT molecular complexity index is 832. The topological polar surface area (TPSA) is 18.5 Å². The molecule has 0 aromatic heterocycles. The van der Waals surface area contributed by atoms with Crippen molar-refractivity contribution in [3.8, 4) is 11.5 Å². The maximum atomic E-state index is 5.19. The Morgan fingerprint density at radius 1 is 0.706 bits per heavy atom. The maximum absolute atomic E-state index is 5.19. The molecule has 0 heterocycles. The standard InChI is InChI=1S/C10H15.2C8H9O.C5H5.Ti/c1-6-7(2)9(4)10(5)8(6)3;2*1-2-9-8-6-4-3-5-7-8;1-2-4-5-3-1;/h1-5H3;2*4-7H,2H2,1H3;1-5H;/q4*-1;+4. The first-order valence-electron chi connectivity index (χ1n) is 11.5. The molecule has 0 bridgehead atoms. The Kier molecular flexibility index (Phi) is 17.4. The van der Waals surface area contributed by atoms with Crippen molar-refractivity contribution in [1.82, 2.24) is 0 Å². The summed E-state index contributed by atoms with van der Waals surface area (Å²) < 4.78 is 10.4. The minimum absolute atomic E-state index is 0. The van der Waals surface area contributed by atoms with Gasteiger partial charge in [0.05, 0.1) is 13.2 Å². The molecule has 0 saturated carbocycles. The summed E-state index contributed by atoms with van der Waals surface area (Å²) in [5.74, 6) is 1.83. The van der Waals surface area contributed by atoms with E-state index in [1.165, 1.54) is 27.8 Å². The molecule has 4 aromatic carbocycles. The molecule has 0 amide bonds. The average molecular weight is 491 g/mol. The molecule has 3 heteroatoms. The van der Waals surface area contributed by atoms with E-state index in [9.17, 15) is 0 Å². The van der Waals surface area contributed by atoms with Crippen molar-refractivity contribution in [3.05, 3.63) is 119 Å². The second kappa shape index (κ2) is 18.8. The van der Waals surface area contributed by atoms with E-state index in [1.807, 2.05) is 92.7 Å². The first-order valence-corrected chi connectivity index (χ1v) is 11.5. The Morgan fingerprint density at radius 3 is 1.26 bits per heavy atom. The largest absolute Gasteiger partial charge is 4.00 e. The fraction of sp³-hybridized carbons (Fsp3) is 0.290. The summed E-state index contributed by atoms with van der Waals surface area (Å²) in [6.45, 7) is 16.4. The summed E-state index contributed by atoms with van der Waals surface area (Å²) in [6.07, 6.45) is 0. The van der Waals surface area contributed by atoms with Crippen molar-refractivity contribution in [2.75, 3.05) is 13.2 Å². The van der Waals surface area contributed by atoms with Gasteiger partial charge in [0.15, 0.2) is 0 Å². The third-order valence-electron chi connectivity index (χ3n) is 5.37. The minimum atomic E-state index is 0. The second-order valence-corrected chi connectivity index (χ2v) is 7.42. The predicted molar refractivity (Wildman–Crippen MR) is 141 cm³/mol. The van der Waals surface area contributed by atoms with E-state index < -0.39 is 0 Å². The molecule has 0 fully saturated rings. The Balaban J connectivity index is 0.000000432. The SMILES string of the molecule is CCOc1cc[c-]cc1.CCOc1cc[c-]cc1.Cc1c(C)c(C)[c-](C)c1C.[Ti+4].c1cc[cH-]c1. The number of rotatable bonds is 4. The third-order valence-corrected chi connectivity index (χ3v) is 5.37. The van der Waals surface area contributed by atoms with Crippen LogP contribution in [0.15, 0.2) is 78.9 Å². The number of ether oxygens (including phenoxy) is 2. The van der Waals surface area contributed by atoms with Crippen LogP contribution in [0.3, 0.4) is 0 Å². The van der Waals surface area contributed by atoms with Crippen LogP contribution in [0.2, 0.25) is 0 Å². The van der Waals surface area contributed by atoms with Gasteiger partial charge in [-0.15, -0.1) is 24.3 Å². The van der Waals surface area contributed by atoms with Crippen LogP contribution >= 0.6 is 0 Å². The van der Waals surface area contributed by atoms with Crippen LogP contribution in [-0.4, -0.2) is 13.2 Å². The molecule has 4 rings (SSSR count). The third kappa shape index (κ3) is 12.1. The summed E-state index contributed by atoms with van der Waals surface area (Å²) >= 11 is 0. The molecule has 0 radical (unpaired) electrons. The van der Waals surface area contributed by atoms with Crippen molar-refractivity contribution in [3.63, 3.8) is 0 Å². The van der Waals surface area contributed by atoms with Crippen LogP contribution in [0.25, 0.3) is 0 Å². The molecular formula is C31H38O2Ti. The van der Waals surface area contributed by atoms with Gasteiger partial charge in [-0.2, -0.15) is 82.4 Å². The van der Waals surface area contributed by atoms with Crippen LogP contribution in [0.5, 0.6) is 11.5 Å². The molecule has 0 aliphatic heterocycles. The second-order valence-electron chi connectivity index (χ2n) is 7.42. The van der Waals surface area contributed by atoms with Crippen LogP contribution in [0.4, 0.5) is 0 Å². The summed E-state index contributed by atoms with van der Waals surface area (Å²) in [4.78, 5) is 0.